The van der Waals surface area contributed by atoms with Crippen LogP contribution < -0.4 is 9.47 Å². The average Bonchev–Trinajstić information content (AvgIpc) is 3.19. The first-order valence-electron chi connectivity index (χ1n) is 8.35. The summed E-state index contributed by atoms with van der Waals surface area (Å²) in [4.78, 5) is 2.30. The molecule has 6 rings (SSSR count). The van der Waals surface area contributed by atoms with Gasteiger partial charge in [0.1, 0.15) is 5.60 Å². The molecule has 2 saturated heterocycles. The van der Waals surface area contributed by atoms with E-state index >= 15 is 0 Å². The van der Waals surface area contributed by atoms with Crippen LogP contribution in [0.3, 0.4) is 0 Å². The van der Waals surface area contributed by atoms with E-state index in [4.69, 9.17) is 9.47 Å². The topological polar surface area (TPSA) is 82.4 Å². The Morgan fingerprint density at radius 3 is 2.74 bits per heavy atom. The second kappa shape index (κ2) is 3.67. The first-order valence-corrected chi connectivity index (χ1v) is 8.35. The predicted octanol–water partition coefficient (Wildman–Crippen LogP) is -0.100. The van der Waals surface area contributed by atoms with Crippen molar-refractivity contribution in [3.8, 4) is 11.5 Å². The zero-order chi connectivity index (χ0) is 15.6. The molecule has 3 heterocycles. The Kier molecular flexibility index (Phi) is 2.07. The summed E-state index contributed by atoms with van der Waals surface area (Å²) in [7, 11) is 0. The number of aliphatic hydroxyl groups excluding tert-OH is 2. The number of nitrogens with zero attached hydrogens (tertiary/aromatic N) is 1. The lowest BCUT2D eigenvalue weighted by molar-refractivity contribution is -0.0707. The highest BCUT2D eigenvalue weighted by Gasteiger charge is 2.77. The van der Waals surface area contributed by atoms with Gasteiger partial charge in [0.2, 0.25) is 6.79 Å². The number of rotatable bonds is 0. The lowest BCUT2D eigenvalue weighted by Gasteiger charge is -2.44. The maximum absolute atomic E-state index is 11.6. The summed E-state index contributed by atoms with van der Waals surface area (Å²) in [6.45, 7) is 1.62. The number of aliphatic hydroxyl groups is 3. The number of hydrogen-bond donors (Lipinski definition) is 3. The van der Waals surface area contributed by atoms with Gasteiger partial charge < -0.3 is 24.8 Å². The van der Waals surface area contributed by atoms with Crippen LogP contribution in [0.5, 0.6) is 11.5 Å². The summed E-state index contributed by atoms with van der Waals surface area (Å²) in [5.41, 5.74) is 0.257. The first kappa shape index (κ1) is 13.0. The molecule has 1 saturated carbocycles. The van der Waals surface area contributed by atoms with Gasteiger partial charge in [-0.15, -0.1) is 0 Å². The van der Waals surface area contributed by atoms with Crippen LogP contribution in [0.15, 0.2) is 12.1 Å². The van der Waals surface area contributed by atoms with Crippen LogP contribution in [-0.2, 0) is 5.60 Å². The van der Waals surface area contributed by atoms with E-state index in [1.807, 2.05) is 12.1 Å². The van der Waals surface area contributed by atoms with E-state index in [9.17, 15) is 15.3 Å². The van der Waals surface area contributed by atoms with E-state index in [1.165, 1.54) is 0 Å². The number of hydrogen-bond acceptors (Lipinski definition) is 6. The minimum absolute atomic E-state index is 0.183. The minimum Gasteiger partial charge on any atom is -0.454 e. The number of β-amino-alcohol motifs (C(OH)–C–C–N with tert-alkyl or cyclic N) is 1. The molecular weight excluding hydrogens is 298 g/mol. The van der Waals surface area contributed by atoms with Crippen molar-refractivity contribution in [2.45, 2.75) is 42.1 Å². The Morgan fingerprint density at radius 1 is 1.13 bits per heavy atom. The molecule has 122 valence electrons. The van der Waals surface area contributed by atoms with Crippen LogP contribution in [0.25, 0.3) is 0 Å². The summed E-state index contributed by atoms with van der Waals surface area (Å²) < 4.78 is 11.0. The molecule has 5 aliphatic rings. The highest BCUT2D eigenvalue weighted by Crippen LogP contribution is 2.69. The molecular formula is C17H19NO5. The third-order valence-electron chi connectivity index (χ3n) is 7.00. The maximum atomic E-state index is 11.6. The van der Waals surface area contributed by atoms with Crippen molar-refractivity contribution in [3.63, 3.8) is 0 Å². The number of ether oxygens (including phenoxy) is 2. The Morgan fingerprint density at radius 2 is 1.91 bits per heavy atom. The van der Waals surface area contributed by atoms with Crippen LogP contribution in [0.4, 0.5) is 0 Å². The number of benzene rings is 1. The molecule has 3 aliphatic heterocycles. The largest absolute Gasteiger partial charge is 0.454 e. The van der Waals surface area contributed by atoms with E-state index in [1.54, 1.807) is 0 Å². The van der Waals surface area contributed by atoms with Crippen molar-refractivity contribution in [2.24, 2.45) is 5.92 Å². The molecule has 6 atom stereocenters. The quantitative estimate of drug-likeness (QED) is 0.620. The van der Waals surface area contributed by atoms with Crippen molar-refractivity contribution in [1.82, 2.24) is 4.90 Å². The predicted molar refractivity (Wildman–Crippen MR) is 78.2 cm³/mol. The van der Waals surface area contributed by atoms with Crippen molar-refractivity contribution in [2.75, 3.05) is 19.9 Å². The third kappa shape index (κ3) is 1.16. The zero-order valence-corrected chi connectivity index (χ0v) is 12.6. The summed E-state index contributed by atoms with van der Waals surface area (Å²) in [6.07, 6.45) is 0.195. The van der Waals surface area contributed by atoms with Gasteiger partial charge in [-0.2, -0.15) is 0 Å². The summed E-state index contributed by atoms with van der Waals surface area (Å²) in [5.74, 6) is 0.783. The highest BCUT2D eigenvalue weighted by atomic mass is 16.7. The molecule has 0 amide bonds. The Bertz CT molecular complexity index is 738. The highest BCUT2D eigenvalue weighted by molar-refractivity contribution is 5.58. The second-order valence-corrected chi connectivity index (χ2v) is 7.67. The van der Waals surface area contributed by atoms with Gasteiger partial charge in [-0.05, 0) is 42.6 Å². The van der Waals surface area contributed by atoms with Crippen LogP contribution in [-0.4, -0.2) is 57.8 Å². The molecule has 1 aromatic carbocycles. The van der Waals surface area contributed by atoms with Gasteiger partial charge in [-0.3, -0.25) is 4.90 Å². The Balaban J connectivity index is 1.69. The summed E-state index contributed by atoms with van der Waals surface area (Å²) in [5, 5.41) is 33.1. The Labute approximate surface area is 133 Å². The smallest absolute Gasteiger partial charge is 0.231 e. The van der Waals surface area contributed by atoms with Crippen LogP contribution in [0, 0.1) is 5.92 Å². The van der Waals surface area contributed by atoms with Gasteiger partial charge >= 0.3 is 0 Å². The maximum Gasteiger partial charge on any atom is 0.231 e. The van der Waals surface area contributed by atoms with Gasteiger partial charge in [0.15, 0.2) is 11.5 Å². The summed E-state index contributed by atoms with van der Waals surface area (Å²) in [6, 6.07) is 3.77. The monoisotopic (exact) mass is 317 g/mol. The second-order valence-electron chi connectivity index (χ2n) is 7.67. The van der Waals surface area contributed by atoms with Crippen LogP contribution >= 0.6 is 0 Å². The fourth-order valence-corrected chi connectivity index (χ4v) is 6.41. The third-order valence-corrected chi connectivity index (χ3v) is 7.00. The molecule has 2 unspecified atom stereocenters. The fourth-order valence-electron chi connectivity index (χ4n) is 6.41. The molecule has 1 aromatic rings. The molecule has 0 radical (unpaired) electrons. The van der Waals surface area contributed by atoms with Crippen LogP contribution in [0.1, 0.15) is 29.9 Å². The molecule has 3 fully saturated rings. The molecule has 4 bridgehead atoms. The normalized spacial score (nSPS) is 48.7. The molecule has 6 nitrogen and oxygen atoms in total. The lowest BCUT2D eigenvalue weighted by atomic mass is 9.64. The van der Waals surface area contributed by atoms with E-state index in [2.05, 4.69) is 4.90 Å². The zero-order valence-electron chi connectivity index (χ0n) is 12.6. The first-order chi connectivity index (χ1) is 11.1. The van der Waals surface area contributed by atoms with E-state index in [-0.39, 0.29) is 24.2 Å². The van der Waals surface area contributed by atoms with Gasteiger partial charge in [0, 0.05) is 23.9 Å². The van der Waals surface area contributed by atoms with E-state index in [0.29, 0.717) is 18.0 Å². The molecule has 23 heavy (non-hydrogen) atoms. The van der Waals surface area contributed by atoms with E-state index in [0.717, 1.165) is 30.5 Å². The van der Waals surface area contributed by atoms with E-state index < -0.39 is 17.8 Å². The SMILES string of the molecule is OC1C2[C@@]3(O)CN4CCC[C@@]24[C@H](c2cc4c(cc23)OCO4)[C@@H]1O. The van der Waals surface area contributed by atoms with Gasteiger partial charge in [0.05, 0.1) is 12.2 Å². The minimum atomic E-state index is -1.13. The Hall–Kier alpha value is -1.34. The molecule has 6 heteroatoms. The van der Waals surface area contributed by atoms with Gasteiger partial charge in [0.25, 0.3) is 0 Å². The van der Waals surface area contributed by atoms with Crippen molar-refractivity contribution in [3.05, 3.63) is 23.3 Å². The van der Waals surface area contributed by atoms with Crippen molar-refractivity contribution >= 4 is 0 Å². The molecule has 1 spiro atoms. The summed E-state index contributed by atoms with van der Waals surface area (Å²) >= 11 is 0. The van der Waals surface area contributed by atoms with Gasteiger partial charge in [-0.1, -0.05) is 0 Å². The van der Waals surface area contributed by atoms with Gasteiger partial charge in [-0.25, -0.2) is 0 Å². The molecule has 2 aliphatic carbocycles. The number of fused-ring (bicyclic) bond motifs is 4. The standard InChI is InChI=1S/C17H19NO5/c19-13-12-8-4-10-11(23-7-22-10)5-9(8)17(21)6-18-3-1-2-16(12,18)15(17)14(13)20/h4-5,12-15,19-21H,1-3,6-7H2/t12-,13+,14?,15?,16-,17-/m1/s1. The fraction of sp³-hybridized carbons (Fsp3) is 0.647. The molecule has 3 N–H and O–H groups in total. The van der Waals surface area contributed by atoms with Crippen molar-refractivity contribution < 1.29 is 24.8 Å². The lowest BCUT2D eigenvalue weighted by Crippen LogP contribution is -2.51. The van der Waals surface area contributed by atoms with Crippen LogP contribution in [0.2, 0.25) is 0 Å². The average molecular weight is 317 g/mol. The molecule has 0 aromatic heterocycles. The van der Waals surface area contributed by atoms with Crippen molar-refractivity contribution in [1.29, 1.82) is 0 Å².